The summed E-state index contributed by atoms with van der Waals surface area (Å²) in [4.78, 5) is 10.4. The topological polar surface area (TPSA) is 56.8 Å². The predicted octanol–water partition coefficient (Wildman–Crippen LogP) is 5.43. The molecule has 3 rings (SSSR count). The number of carbonyl (C=O) groups is 1. The third kappa shape index (κ3) is 5.82. The monoisotopic (exact) mass is 441 g/mol. The first kappa shape index (κ1) is 22.4. The molecule has 2 aromatic rings. The number of ether oxygens (including phenoxy) is 3. The smallest absolute Gasteiger partial charge is 0.302 e. The molecule has 1 aliphatic rings. The van der Waals surface area contributed by atoms with Crippen molar-refractivity contribution in [1.82, 2.24) is 0 Å². The Kier molecular flexibility index (Phi) is 8.51. The van der Waals surface area contributed by atoms with E-state index in [1.807, 2.05) is 30.3 Å². The zero-order valence-corrected chi connectivity index (χ0v) is 18.1. The molecule has 1 aliphatic heterocycles. The summed E-state index contributed by atoms with van der Waals surface area (Å²) < 4.78 is 15.8. The van der Waals surface area contributed by atoms with Gasteiger partial charge in [-0.25, -0.2) is 0 Å². The Morgan fingerprint density at radius 3 is 2.64 bits per heavy atom. The Hall–Kier alpha value is -1.86. The van der Waals surface area contributed by atoms with E-state index in [-0.39, 0.29) is 12.1 Å². The van der Waals surface area contributed by atoms with Crippen LogP contribution in [-0.2, 0) is 14.3 Å². The summed E-state index contributed by atoms with van der Waals surface area (Å²) >= 11 is 17.6. The minimum atomic E-state index is -0.365. The van der Waals surface area contributed by atoms with Gasteiger partial charge in [0.25, 0.3) is 0 Å². The molecule has 1 atom stereocenters. The Bertz CT molecular complexity index is 860. The van der Waals surface area contributed by atoms with Crippen molar-refractivity contribution in [3.05, 3.63) is 57.6 Å². The van der Waals surface area contributed by atoms with Crippen LogP contribution < -0.4 is 10.1 Å². The molecule has 150 valence electrons. The average Bonchev–Trinajstić information content (AvgIpc) is 2.80. The van der Waals surface area contributed by atoms with Crippen LogP contribution in [0.2, 0.25) is 10.0 Å². The van der Waals surface area contributed by atoms with Crippen LogP contribution in [0.3, 0.4) is 0 Å². The maximum absolute atomic E-state index is 9.82. The maximum atomic E-state index is 9.82. The molecule has 0 saturated carbocycles. The SMILES string of the molecule is CCOC(C)=O.COc1c(Cl)cccc1[C@H]1OCC(=S)Nc2ccc(Cl)cc21. The van der Waals surface area contributed by atoms with Gasteiger partial charge in [0.05, 0.1) is 25.3 Å². The van der Waals surface area contributed by atoms with Crippen molar-refractivity contribution in [2.45, 2.75) is 20.0 Å². The molecule has 5 nitrogen and oxygen atoms in total. The number of rotatable bonds is 3. The number of fused-ring (bicyclic) bond motifs is 1. The highest BCUT2D eigenvalue weighted by Crippen LogP contribution is 2.41. The van der Waals surface area contributed by atoms with E-state index in [0.717, 1.165) is 16.8 Å². The van der Waals surface area contributed by atoms with Crippen molar-refractivity contribution < 1.29 is 19.0 Å². The van der Waals surface area contributed by atoms with E-state index in [2.05, 4.69) is 10.1 Å². The van der Waals surface area contributed by atoms with Crippen molar-refractivity contribution in [2.24, 2.45) is 0 Å². The standard InChI is InChI=1S/C16H13Cl2NO2S.C4H8O2/c1-20-16-10(3-2-4-12(16)18)15-11-7-9(17)5-6-13(11)19-14(22)8-21-15;1-3-6-4(2)5/h2-7,15H,8H2,1H3,(H,19,22);3H2,1-2H3/t15-;/m1./s1. The summed E-state index contributed by atoms with van der Waals surface area (Å²) in [5.74, 6) is 0.380. The minimum Gasteiger partial charge on any atom is -0.495 e. The minimum absolute atomic E-state index is 0.211. The van der Waals surface area contributed by atoms with Crippen molar-refractivity contribution in [2.75, 3.05) is 25.6 Å². The Morgan fingerprint density at radius 1 is 1.29 bits per heavy atom. The molecule has 0 aliphatic carbocycles. The molecule has 0 aromatic heterocycles. The molecule has 0 unspecified atom stereocenters. The van der Waals surface area contributed by atoms with Crippen LogP contribution in [0, 0.1) is 0 Å². The van der Waals surface area contributed by atoms with Gasteiger partial charge in [0.2, 0.25) is 0 Å². The normalized spacial score (nSPS) is 15.3. The highest BCUT2D eigenvalue weighted by atomic mass is 35.5. The fraction of sp³-hybridized carbons (Fsp3) is 0.300. The molecule has 0 bridgehead atoms. The molecule has 1 N–H and O–H groups in total. The summed E-state index contributed by atoms with van der Waals surface area (Å²) in [7, 11) is 1.59. The van der Waals surface area contributed by atoms with Gasteiger partial charge in [0.15, 0.2) is 0 Å². The predicted molar refractivity (Wildman–Crippen MR) is 116 cm³/mol. The molecule has 2 aromatic carbocycles. The second kappa shape index (κ2) is 10.6. The Balaban J connectivity index is 0.000000409. The molecule has 0 radical (unpaired) electrons. The van der Waals surface area contributed by atoms with Gasteiger partial charge in [0, 0.05) is 28.8 Å². The van der Waals surface area contributed by atoms with Crippen LogP contribution in [0.4, 0.5) is 5.69 Å². The van der Waals surface area contributed by atoms with Gasteiger partial charge < -0.3 is 19.5 Å². The van der Waals surface area contributed by atoms with E-state index in [9.17, 15) is 4.79 Å². The number of methoxy groups -OCH3 is 1. The van der Waals surface area contributed by atoms with Crippen LogP contribution in [0.5, 0.6) is 5.75 Å². The summed E-state index contributed by atoms with van der Waals surface area (Å²) in [5, 5.41) is 4.34. The number of hydrogen-bond donors (Lipinski definition) is 1. The van der Waals surface area contributed by atoms with Gasteiger partial charge in [-0.05, 0) is 31.2 Å². The second-order valence-electron chi connectivity index (χ2n) is 5.76. The molecule has 0 saturated heterocycles. The summed E-state index contributed by atoms with van der Waals surface area (Å²) in [5.41, 5.74) is 2.61. The number of halogens is 2. The maximum Gasteiger partial charge on any atom is 0.302 e. The van der Waals surface area contributed by atoms with Crippen molar-refractivity contribution >= 4 is 52.1 Å². The van der Waals surface area contributed by atoms with Gasteiger partial charge in [-0.2, -0.15) is 0 Å². The van der Waals surface area contributed by atoms with Gasteiger partial charge in [-0.1, -0.05) is 47.6 Å². The van der Waals surface area contributed by atoms with Crippen molar-refractivity contribution in [3.63, 3.8) is 0 Å². The molecule has 0 spiro atoms. The quantitative estimate of drug-likeness (QED) is 0.505. The van der Waals surface area contributed by atoms with Gasteiger partial charge in [0.1, 0.15) is 16.8 Å². The van der Waals surface area contributed by atoms with E-state index >= 15 is 0 Å². The Labute approximate surface area is 179 Å². The first-order valence-corrected chi connectivity index (χ1v) is 9.70. The van der Waals surface area contributed by atoms with Crippen LogP contribution in [0.25, 0.3) is 0 Å². The number of esters is 1. The highest BCUT2D eigenvalue weighted by Gasteiger charge is 2.26. The first-order valence-electron chi connectivity index (χ1n) is 8.54. The third-order valence-electron chi connectivity index (χ3n) is 3.78. The third-order valence-corrected chi connectivity index (χ3v) is 4.54. The molecule has 0 fully saturated rings. The number of anilines is 1. The summed E-state index contributed by atoms with van der Waals surface area (Å²) in [6.45, 7) is 3.96. The second-order valence-corrected chi connectivity index (χ2v) is 7.09. The van der Waals surface area contributed by atoms with Crippen molar-refractivity contribution in [1.29, 1.82) is 0 Å². The van der Waals surface area contributed by atoms with Crippen molar-refractivity contribution in [3.8, 4) is 5.75 Å². The van der Waals surface area contributed by atoms with E-state index in [0.29, 0.717) is 34.0 Å². The highest BCUT2D eigenvalue weighted by molar-refractivity contribution is 7.80. The summed E-state index contributed by atoms with van der Waals surface area (Å²) in [6, 6.07) is 11.1. The largest absolute Gasteiger partial charge is 0.495 e. The lowest BCUT2D eigenvalue weighted by atomic mass is 9.99. The molecule has 0 amide bonds. The van der Waals surface area contributed by atoms with Gasteiger partial charge in [-0.3, -0.25) is 4.79 Å². The van der Waals surface area contributed by atoms with Crippen LogP contribution in [0.15, 0.2) is 36.4 Å². The van der Waals surface area contributed by atoms with E-state index in [1.165, 1.54) is 6.92 Å². The number of hydrogen-bond acceptors (Lipinski definition) is 5. The average molecular weight is 442 g/mol. The number of nitrogens with one attached hydrogen (secondary N) is 1. The molecular formula is C20H21Cl2NO4S. The lowest BCUT2D eigenvalue weighted by Crippen LogP contribution is -2.13. The van der Waals surface area contributed by atoms with E-state index in [1.54, 1.807) is 20.1 Å². The van der Waals surface area contributed by atoms with Crippen LogP contribution in [0.1, 0.15) is 31.1 Å². The number of benzene rings is 2. The fourth-order valence-electron chi connectivity index (χ4n) is 2.71. The lowest BCUT2D eigenvalue weighted by Gasteiger charge is -2.21. The van der Waals surface area contributed by atoms with Gasteiger partial charge in [-0.15, -0.1) is 0 Å². The van der Waals surface area contributed by atoms with Crippen LogP contribution in [-0.4, -0.2) is 31.3 Å². The first-order chi connectivity index (χ1) is 13.4. The fourth-order valence-corrected chi connectivity index (χ4v) is 3.32. The van der Waals surface area contributed by atoms with Gasteiger partial charge >= 0.3 is 5.97 Å². The molecule has 8 heteroatoms. The zero-order chi connectivity index (χ0) is 20.7. The van der Waals surface area contributed by atoms with E-state index in [4.69, 9.17) is 44.9 Å². The lowest BCUT2D eigenvalue weighted by molar-refractivity contribution is -0.140. The van der Waals surface area contributed by atoms with E-state index < -0.39 is 0 Å². The number of thiocarbonyl (C=S) groups is 1. The van der Waals surface area contributed by atoms with Crippen LogP contribution >= 0.6 is 35.4 Å². The molecule has 28 heavy (non-hydrogen) atoms. The number of carbonyl (C=O) groups excluding carboxylic acids is 1. The summed E-state index contributed by atoms with van der Waals surface area (Å²) in [6.07, 6.45) is -0.365. The zero-order valence-electron chi connectivity index (χ0n) is 15.8. The molecule has 1 heterocycles. The molecular weight excluding hydrogens is 421 g/mol. The Morgan fingerprint density at radius 2 is 2.04 bits per heavy atom. The number of para-hydroxylation sites is 1.